The van der Waals surface area contributed by atoms with Gasteiger partial charge in [-0.05, 0) is 41.3 Å². The van der Waals surface area contributed by atoms with E-state index in [0.29, 0.717) is 0 Å². The van der Waals surface area contributed by atoms with Crippen molar-refractivity contribution in [1.82, 2.24) is 0 Å². The van der Waals surface area contributed by atoms with Crippen LogP contribution >= 0.6 is 0 Å². The molecular formula is C22H19NO3. The highest BCUT2D eigenvalue weighted by molar-refractivity contribution is 6.12. The van der Waals surface area contributed by atoms with Gasteiger partial charge in [0.2, 0.25) is 5.91 Å². The maximum atomic E-state index is 13.3. The number of carbonyl (C=O) groups is 1. The van der Waals surface area contributed by atoms with Gasteiger partial charge in [-0.3, -0.25) is 4.79 Å². The lowest BCUT2D eigenvalue weighted by Crippen LogP contribution is -2.37. The number of nitrogens with one attached hydrogen (secondary N) is 1. The molecule has 0 radical (unpaired) electrons. The number of phenols is 1. The summed E-state index contributed by atoms with van der Waals surface area (Å²) in [7, 11) is 0. The number of fused-ring (bicyclic) bond motifs is 1. The third-order valence-corrected chi connectivity index (χ3v) is 5.13. The summed E-state index contributed by atoms with van der Waals surface area (Å²) in [4.78, 5) is 13.3. The molecular weight excluding hydrogens is 326 g/mol. The fraction of sp³-hybridized carbons (Fsp3) is 0.136. The standard InChI is InChI=1S/C22H19NO3/c1-14-3-2-4-19-20(14)23-21(26)22(19,17-9-11-18(25)12-10-17)16-7-5-15(13-24)6-8-16/h2-12,24-25H,13H2,1H3,(H,23,26). The highest BCUT2D eigenvalue weighted by Crippen LogP contribution is 2.48. The lowest BCUT2D eigenvalue weighted by molar-refractivity contribution is -0.118. The largest absolute Gasteiger partial charge is 0.508 e. The number of aliphatic hydroxyl groups is 1. The minimum absolute atomic E-state index is 0.0472. The number of aromatic hydroxyl groups is 1. The van der Waals surface area contributed by atoms with Gasteiger partial charge in [0.05, 0.1) is 6.61 Å². The van der Waals surface area contributed by atoms with Crippen LogP contribution in [-0.4, -0.2) is 16.1 Å². The summed E-state index contributed by atoms with van der Waals surface area (Å²) in [6.45, 7) is 1.93. The van der Waals surface area contributed by atoms with Gasteiger partial charge in [0.15, 0.2) is 0 Å². The zero-order valence-corrected chi connectivity index (χ0v) is 14.4. The van der Waals surface area contributed by atoms with Crippen molar-refractivity contribution in [1.29, 1.82) is 0 Å². The Hall–Kier alpha value is -3.11. The molecule has 3 aromatic carbocycles. The Bertz CT molecular complexity index is 977. The van der Waals surface area contributed by atoms with Crippen molar-refractivity contribution in [2.75, 3.05) is 5.32 Å². The van der Waals surface area contributed by atoms with Gasteiger partial charge >= 0.3 is 0 Å². The van der Waals surface area contributed by atoms with E-state index in [1.165, 1.54) is 0 Å². The van der Waals surface area contributed by atoms with Crippen LogP contribution in [0.15, 0.2) is 66.7 Å². The van der Waals surface area contributed by atoms with Crippen LogP contribution in [0.1, 0.15) is 27.8 Å². The number of phenolic OH excluding ortho intramolecular Hbond substituents is 1. The lowest BCUT2D eigenvalue weighted by Gasteiger charge is -2.29. The Labute approximate surface area is 151 Å². The van der Waals surface area contributed by atoms with Crippen molar-refractivity contribution in [3.05, 3.63) is 94.5 Å². The van der Waals surface area contributed by atoms with E-state index in [9.17, 15) is 15.0 Å². The molecule has 1 amide bonds. The molecule has 130 valence electrons. The molecule has 4 nitrogen and oxygen atoms in total. The minimum Gasteiger partial charge on any atom is -0.508 e. The first kappa shape index (κ1) is 16.4. The highest BCUT2D eigenvalue weighted by atomic mass is 16.3. The predicted molar refractivity (Wildman–Crippen MR) is 100 cm³/mol. The molecule has 0 saturated carbocycles. The van der Waals surface area contributed by atoms with Gasteiger partial charge in [-0.25, -0.2) is 0 Å². The van der Waals surface area contributed by atoms with Crippen LogP contribution in [0.5, 0.6) is 5.75 Å². The smallest absolute Gasteiger partial charge is 0.244 e. The molecule has 0 saturated heterocycles. The highest BCUT2D eigenvalue weighted by Gasteiger charge is 2.50. The summed E-state index contributed by atoms with van der Waals surface area (Å²) < 4.78 is 0. The molecule has 0 spiro atoms. The summed E-state index contributed by atoms with van der Waals surface area (Å²) in [5, 5.41) is 22.1. The second kappa shape index (κ2) is 6.00. The number of rotatable bonds is 3. The Morgan fingerprint density at radius 3 is 2.15 bits per heavy atom. The number of hydrogen-bond donors (Lipinski definition) is 3. The number of benzene rings is 3. The summed E-state index contributed by atoms with van der Waals surface area (Å²) in [5.41, 5.74) is 4.13. The van der Waals surface area contributed by atoms with E-state index in [2.05, 4.69) is 5.32 Å². The van der Waals surface area contributed by atoms with E-state index >= 15 is 0 Å². The van der Waals surface area contributed by atoms with E-state index < -0.39 is 5.41 Å². The average Bonchev–Trinajstić information content (AvgIpc) is 2.97. The molecule has 1 atom stereocenters. The number of anilines is 1. The first-order chi connectivity index (χ1) is 12.6. The van der Waals surface area contributed by atoms with Crippen molar-refractivity contribution in [2.45, 2.75) is 18.9 Å². The number of amides is 1. The molecule has 0 aliphatic carbocycles. The Morgan fingerprint density at radius 1 is 0.923 bits per heavy atom. The molecule has 3 N–H and O–H groups in total. The predicted octanol–water partition coefficient (Wildman–Crippen LogP) is 3.48. The first-order valence-corrected chi connectivity index (χ1v) is 8.48. The molecule has 0 bridgehead atoms. The van der Waals surface area contributed by atoms with Crippen LogP contribution in [0.4, 0.5) is 5.69 Å². The molecule has 1 aliphatic heterocycles. The fourth-order valence-electron chi connectivity index (χ4n) is 3.79. The van der Waals surface area contributed by atoms with Crippen LogP contribution in [0.3, 0.4) is 0 Å². The topological polar surface area (TPSA) is 69.6 Å². The number of aryl methyl sites for hydroxylation is 1. The normalized spacial score (nSPS) is 18.5. The molecule has 4 heteroatoms. The molecule has 26 heavy (non-hydrogen) atoms. The first-order valence-electron chi connectivity index (χ1n) is 8.48. The minimum atomic E-state index is -0.997. The van der Waals surface area contributed by atoms with Gasteiger partial charge in [-0.1, -0.05) is 54.6 Å². The summed E-state index contributed by atoms with van der Waals surface area (Å²) in [5.74, 6) is 0.0339. The zero-order valence-electron chi connectivity index (χ0n) is 14.4. The number of para-hydroxylation sites is 1. The SMILES string of the molecule is Cc1cccc2c1NC(=O)C2(c1ccc(O)cc1)c1ccc(CO)cc1. The van der Waals surface area contributed by atoms with Crippen molar-refractivity contribution in [2.24, 2.45) is 0 Å². The molecule has 0 aromatic heterocycles. The molecule has 1 unspecified atom stereocenters. The van der Waals surface area contributed by atoms with Crippen LogP contribution in [-0.2, 0) is 16.8 Å². The van der Waals surface area contributed by atoms with Gasteiger partial charge in [0.25, 0.3) is 0 Å². The molecule has 3 aromatic rings. The fourth-order valence-corrected chi connectivity index (χ4v) is 3.79. The third kappa shape index (κ3) is 2.23. The average molecular weight is 345 g/mol. The van der Waals surface area contributed by atoms with E-state index in [1.807, 2.05) is 49.4 Å². The molecule has 0 fully saturated rings. The van der Waals surface area contributed by atoms with Crippen LogP contribution in [0.25, 0.3) is 0 Å². The van der Waals surface area contributed by atoms with Gasteiger partial charge in [0, 0.05) is 11.3 Å². The number of carbonyl (C=O) groups excluding carboxylic acids is 1. The zero-order chi connectivity index (χ0) is 18.3. The Balaban J connectivity index is 2.04. The van der Waals surface area contributed by atoms with Gasteiger partial charge in [-0.2, -0.15) is 0 Å². The molecule has 4 rings (SSSR count). The second-order valence-electron chi connectivity index (χ2n) is 6.60. The maximum absolute atomic E-state index is 13.3. The summed E-state index contributed by atoms with van der Waals surface area (Å²) >= 11 is 0. The van der Waals surface area contributed by atoms with Crippen molar-refractivity contribution in [3.8, 4) is 5.75 Å². The van der Waals surface area contributed by atoms with Crippen LogP contribution in [0, 0.1) is 6.92 Å². The van der Waals surface area contributed by atoms with E-state index in [1.54, 1.807) is 24.3 Å². The quantitative estimate of drug-likeness (QED) is 0.681. The molecule has 1 heterocycles. The van der Waals surface area contributed by atoms with Crippen LogP contribution in [0.2, 0.25) is 0 Å². The van der Waals surface area contributed by atoms with Crippen molar-refractivity contribution in [3.63, 3.8) is 0 Å². The summed E-state index contributed by atoms with van der Waals surface area (Å²) in [6.07, 6.45) is 0. The van der Waals surface area contributed by atoms with Crippen molar-refractivity contribution >= 4 is 11.6 Å². The monoisotopic (exact) mass is 345 g/mol. The second-order valence-corrected chi connectivity index (χ2v) is 6.60. The Morgan fingerprint density at radius 2 is 1.54 bits per heavy atom. The van der Waals surface area contributed by atoms with E-state index in [-0.39, 0.29) is 18.3 Å². The summed E-state index contributed by atoms with van der Waals surface area (Å²) in [6, 6.07) is 20.1. The van der Waals surface area contributed by atoms with E-state index in [0.717, 1.165) is 33.5 Å². The van der Waals surface area contributed by atoms with Gasteiger partial charge in [-0.15, -0.1) is 0 Å². The molecule has 1 aliphatic rings. The van der Waals surface area contributed by atoms with E-state index in [4.69, 9.17) is 0 Å². The van der Waals surface area contributed by atoms with Gasteiger partial charge in [0.1, 0.15) is 11.2 Å². The lowest BCUT2D eigenvalue weighted by atomic mass is 9.70. The Kier molecular flexibility index (Phi) is 3.78. The number of aliphatic hydroxyl groups excluding tert-OH is 1. The van der Waals surface area contributed by atoms with Gasteiger partial charge < -0.3 is 15.5 Å². The third-order valence-electron chi connectivity index (χ3n) is 5.13. The number of hydrogen-bond acceptors (Lipinski definition) is 3. The maximum Gasteiger partial charge on any atom is 0.244 e. The van der Waals surface area contributed by atoms with Crippen LogP contribution < -0.4 is 5.32 Å². The van der Waals surface area contributed by atoms with Crippen molar-refractivity contribution < 1.29 is 15.0 Å².